The Morgan fingerprint density at radius 1 is 1.23 bits per heavy atom. The largest absolute Gasteiger partial charge is 0.495 e. The van der Waals surface area contributed by atoms with E-state index in [4.69, 9.17) is 21.1 Å². The smallest absolute Gasteiger partial charge is 0.246 e. The molecule has 1 N–H and O–H groups in total. The van der Waals surface area contributed by atoms with Gasteiger partial charge in [0, 0.05) is 18.1 Å². The molecule has 0 saturated carbocycles. The number of benzene rings is 2. The van der Waals surface area contributed by atoms with Crippen molar-refractivity contribution >= 4 is 27.5 Å². The molecule has 1 amide bonds. The fraction of sp³-hybridized carbons (Fsp3) is 0.381. The van der Waals surface area contributed by atoms with Crippen LogP contribution in [0, 0.1) is 0 Å². The fourth-order valence-corrected chi connectivity index (χ4v) is 5.25. The van der Waals surface area contributed by atoms with Gasteiger partial charge in [-0.25, -0.2) is 8.42 Å². The van der Waals surface area contributed by atoms with E-state index in [2.05, 4.69) is 5.32 Å². The summed E-state index contributed by atoms with van der Waals surface area (Å²) in [6.07, 6.45) is 0.0322. The number of carbonyl (C=O) groups excluding carboxylic acids is 1. The number of rotatable bonds is 7. The van der Waals surface area contributed by atoms with E-state index in [0.717, 1.165) is 5.56 Å². The molecule has 2 aromatic carbocycles. The maximum atomic E-state index is 13.1. The Labute approximate surface area is 182 Å². The molecule has 7 nitrogen and oxygen atoms in total. The molecule has 9 heteroatoms. The van der Waals surface area contributed by atoms with Crippen molar-refractivity contribution < 1.29 is 22.7 Å². The third kappa shape index (κ3) is 5.13. The first kappa shape index (κ1) is 22.6. The third-order valence-electron chi connectivity index (χ3n) is 4.93. The molecule has 1 atom stereocenters. The van der Waals surface area contributed by atoms with Gasteiger partial charge in [0.25, 0.3) is 0 Å². The number of methoxy groups -OCH3 is 1. The van der Waals surface area contributed by atoms with Crippen molar-refractivity contribution in [2.45, 2.75) is 24.3 Å². The van der Waals surface area contributed by atoms with E-state index >= 15 is 0 Å². The first-order chi connectivity index (χ1) is 14.3. The Balaban J connectivity index is 1.77. The molecule has 162 valence electrons. The highest BCUT2D eigenvalue weighted by molar-refractivity contribution is 7.89. The number of amides is 1. The van der Waals surface area contributed by atoms with Gasteiger partial charge in [-0.1, -0.05) is 35.9 Å². The van der Waals surface area contributed by atoms with Crippen LogP contribution < -0.4 is 10.1 Å². The number of carbonyl (C=O) groups is 1. The zero-order valence-corrected chi connectivity index (χ0v) is 18.5. The van der Waals surface area contributed by atoms with Crippen molar-refractivity contribution in [2.75, 3.05) is 33.4 Å². The predicted octanol–water partition coefficient (Wildman–Crippen LogP) is 2.79. The molecular formula is C21H25ClN2O5S. The van der Waals surface area contributed by atoms with Crippen molar-refractivity contribution in [2.24, 2.45) is 0 Å². The van der Waals surface area contributed by atoms with E-state index in [1.54, 1.807) is 18.2 Å². The highest BCUT2D eigenvalue weighted by atomic mass is 35.5. The van der Waals surface area contributed by atoms with Gasteiger partial charge in [-0.2, -0.15) is 4.31 Å². The van der Waals surface area contributed by atoms with Crippen LogP contribution in [0.25, 0.3) is 0 Å². The highest BCUT2D eigenvalue weighted by Gasteiger charge is 2.29. The van der Waals surface area contributed by atoms with Crippen LogP contribution in [0.15, 0.2) is 47.4 Å². The Hall–Kier alpha value is -2.13. The summed E-state index contributed by atoms with van der Waals surface area (Å²) in [5.74, 6) is 0.0115. The molecule has 1 unspecified atom stereocenters. The normalized spacial score (nSPS) is 16.1. The van der Waals surface area contributed by atoms with Gasteiger partial charge in [-0.15, -0.1) is 0 Å². The van der Waals surface area contributed by atoms with Gasteiger partial charge in [-0.05, 0) is 36.2 Å². The predicted molar refractivity (Wildman–Crippen MR) is 114 cm³/mol. The Morgan fingerprint density at radius 2 is 1.93 bits per heavy atom. The lowest BCUT2D eigenvalue weighted by molar-refractivity contribution is -0.121. The summed E-state index contributed by atoms with van der Waals surface area (Å²) in [4.78, 5) is 12.6. The zero-order chi connectivity index (χ0) is 21.7. The summed E-state index contributed by atoms with van der Waals surface area (Å²) >= 11 is 6.20. The first-order valence-electron chi connectivity index (χ1n) is 9.61. The molecule has 1 heterocycles. The van der Waals surface area contributed by atoms with E-state index < -0.39 is 10.0 Å². The van der Waals surface area contributed by atoms with Crippen LogP contribution in [0.2, 0.25) is 5.02 Å². The van der Waals surface area contributed by atoms with E-state index in [-0.39, 0.29) is 42.1 Å². The number of halogens is 1. The highest BCUT2D eigenvalue weighted by Crippen LogP contribution is 2.29. The maximum Gasteiger partial charge on any atom is 0.246 e. The Bertz CT molecular complexity index is 1010. The molecule has 1 aliphatic rings. The summed E-state index contributed by atoms with van der Waals surface area (Å²) in [7, 11) is -2.33. The van der Waals surface area contributed by atoms with Crippen molar-refractivity contribution in [3.05, 3.63) is 58.6 Å². The third-order valence-corrected chi connectivity index (χ3v) is 7.19. The Kier molecular flexibility index (Phi) is 7.36. The van der Waals surface area contributed by atoms with E-state index in [1.165, 1.54) is 17.5 Å². The number of nitrogens with one attached hydrogen (secondary N) is 1. The second kappa shape index (κ2) is 9.78. The summed E-state index contributed by atoms with van der Waals surface area (Å²) in [6.45, 7) is 3.12. The molecular weight excluding hydrogens is 428 g/mol. The summed E-state index contributed by atoms with van der Waals surface area (Å²) < 4.78 is 38.0. The van der Waals surface area contributed by atoms with Gasteiger partial charge < -0.3 is 14.8 Å². The summed E-state index contributed by atoms with van der Waals surface area (Å²) in [5, 5.41) is 3.48. The van der Waals surface area contributed by atoms with E-state index in [9.17, 15) is 13.2 Å². The first-order valence-corrected chi connectivity index (χ1v) is 11.4. The molecule has 0 aliphatic carbocycles. The van der Waals surface area contributed by atoms with Crippen LogP contribution in [0.3, 0.4) is 0 Å². The number of sulfonamides is 1. The average Bonchev–Trinajstić information content (AvgIpc) is 2.74. The van der Waals surface area contributed by atoms with Crippen LogP contribution in [0.1, 0.15) is 24.1 Å². The summed E-state index contributed by atoms with van der Waals surface area (Å²) in [5.41, 5.74) is 1.39. The van der Waals surface area contributed by atoms with Crippen LogP contribution in [0.4, 0.5) is 0 Å². The molecule has 0 bridgehead atoms. The lowest BCUT2D eigenvalue weighted by Gasteiger charge is -2.26. The molecule has 3 rings (SSSR count). The van der Waals surface area contributed by atoms with Crippen molar-refractivity contribution in [1.82, 2.24) is 9.62 Å². The quantitative estimate of drug-likeness (QED) is 0.698. The van der Waals surface area contributed by atoms with Crippen molar-refractivity contribution in [1.29, 1.82) is 0 Å². The fourth-order valence-electron chi connectivity index (χ4n) is 3.34. The maximum absolute atomic E-state index is 13.1. The number of ether oxygens (including phenoxy) is 2. The molecule has 1 saturated heterocycles. The lowest BCUT2D eigenvalue weighted by Crippen LogP contribution is -2.40. The minimum atomic E-state index is -3.76. The minimum Gasteiger partial charge on any atom is -0.495 e. The van der Waals surface area contributed by atoms with Crippen LogP contribution in [-0.4, -0.2) is 52.0 Å². The summed E-state index contributed by atoms with van der Waals surface area (Å²) in [6, 6.07) is 11.8. The van der Waals surface area contributed by atoms with Gasteiger partial charge in [0.2, 0.25) is 15.9 Å². The van der Waals surface area contributed by atoms with Crippen LogP contribution in [-0.2, 0) is 26.0 Å². The monoisotopic (exact) mass is 452 g/mol. The lowest BCUT2D eigenvalue weighted by atomic mass is 10.1. The molecule has 1 fully saturated rings. The van der Waals surface area contributed by atoms with Crippen molar-refractivity contribution in [3.8, 4) is 5.75 Å². The van der Waals surface area contributed by atoms with Gasteiger partial charge >= 0.3 is 0 Å². The molecule has 0 aromatic heterocycles. The molecule has 1 aliphatic heterocycles. The SMILES string of the molecule is COc1ccc(CC(=O)NC(C)c2ccccc2Cl)cc1S(=O)(=O)N1CCOCC1. The second-order valence-electron chi connectivity index (χ2n) is 6.99. The molecule has 30 heavy (non-hydrogen) atoms. The van der Waals surface area contributed by atoms with Gasteiger partial charge in [0.15, 0.2) is 0 Å². The van der Waals surface area contributed by atoms with E-state index in [0.29, 0.717) is 23.8 Å². The number of hydrogen-bond donors (Lipinski definition) is 1. The van der Waals surface area contributed by atoms with Gasteiger partial charge in [0.05, 0.1) is 32.8 Å². The van der Waals surface area contributed by atoms with Crippen molar-refractivity contribution in [3.63, 3.8) is 0 Å². The molecule has 0 spiro atoms. The van der Waals surface area contributed by atoms with Crippen LogP contribution in [0.5, 0.6) is 5.75 Å². The molecule has 2 aromatic rings. The van der Waals surface area contributed by atoms with Crippen LogP contribution >= 0.6 is 11.6 Å². The Morgan fingerprint density at radius 3 is 2.60 bits per heavy atom. The molecule has 0 radical (unpaired) electrons. The second-order valence-corrected chi connectivity index (χ2v) is 9.30. The van der Waals surface area contributed by atoms with E-state index in [1.807, 2.05) is 25.1 Å². The minimum absolute atomic E-state index is 0.0322. The average molecular weight is 453 g/mol. The topological polar surface area (TPSA) is 84.9 Å². The van der Waals surface area contributed by atoms with Gasteiger partial charge in [0.1, 0.15) is 10.6 Å². The number of morpholine rings is 1. The zero-order valence-electron chi connectivity index (χ0n) is 16.9. The van der Waals surface area contributed by atoms with Gasteiger partial charge in [-0.3, -0.25) is 4.79 Å². The number of hydrogen-bond acceptors (Lipinski definition) is 5. The number of nitrogens with zero attached hydrogens (tertiary/aromatic N) is 1. The standard InChI is InChI=1S/C21H25ClN2O5S/c1-15(17-5-3-4-6-18(17)22)23-21(25)14-16-7-8-19(28-2)20(13-16)30(26,27)24-9-11-29-12-10-24/h3-8,13,15H,9-12,14H2,1-2H3,(H,23,25).